The third-order valence-electron chi connectivity index (χ3n) is 3.84. The number of piperazine rings is 1. The second kappa shape index (κ2) is 5.86. The molecular formula is C14H16F6N2O. The van der Waals surface area contributed by atoms with E-state index < -0.39 is 23.5 Å². The van der Waals surface area contributed by atoms with Gasteiger partial charge in [0, 0.05) is 36.9 Å². The zero-order chi connectivity index (χ0) is 17.5. The molecular weight excluding hydrogens is 326 g/mol. The van der Waals surface area contributed by atoms with Crippen molar-refractivity contribution in [3.63, 3.8) is 0 Å². The lowest BCUT2D eigenvalue weighted by Crippen LogP contribution is -2.54. The van der Waals surface area contributed by atoms with Gasteiger partial charge in [-0.15, -0.1) is 0 Å². The van der Waals surface area contributed by atoms with E-state index in [4.69, 9.17) is 0 Å². The molecule has 0 aliphatic carbocycles. The summed E-state index contributed by atoms with van der Waals surface area (Å²) in [5.74, 6) is 0. The minimum absolute atomic E-state index is 0.158. The second-order valence-electron chi connectivity index (χ2n) is 5.55. The van der Waals surface area contributed by atoms with E-state index in [-0.39, 0.29) is 6.04 Å². The SMILES string of the molecule is CC1CN(c2ccc(C(O)(C(F)(F)F)C(F)(F)F)cc2)CCN1. The van der Waals surface area contributed by atoms with Crippen molar-refractivity contribution in [3.05, 3.63) is 29.8 Å². The van der Waals surface area contributed by atoms with E-state index in [1.54, 1.807) is 0 Å². The summed E-state index contributed by atoms with van der Waals surface area (Å²) < 4.78 is 76.8. The Balaban J connectivity index is 2.33. The Morgan fingerprint density at radius 1 is 1.04 bits per heavy atom. The van der Waals surface area contributed by atoms with Gasteiger partial charge in [0.15, 0.2) is 0 Å². The Hall–Kier alpha value is -1.48. The summed E-state index contributed by atoms with van der Waals surface area (Å²) in [7, 11) is 0. The molecule has 3 nitrogen and oxygen atoms in total. The van der Waals surface area contributed by atoms with Gasteiger partial charge in [0.25, 0.3) is 5.60 Å². The van der Waals surface area contributed by atoms with Crippen molar-refractivity contribution in [2.75, 3.05) is 24.5 Å². The first-order chi connectivity index (χ1) is 10.5. The number of nitrogens with one attached hydrogen (secondary N) is 1. The first-order valence-corrected chi connectivity index (χ1v) is 6.91. The van der Waals surface area contributed by atoms with Gasteiger partial charge in [0.1, 0.15) is 0 Å². The van der Waals surface area contributed by atoms with Gasteiger partial charge >= 0.3 is 12.4 Å². The molecule has 23 heavy (non-hydrogen) atoms. The van der Waals surface area contributed by atoms with Crippen LogP contribution in [-0.4, -0.2) is 43.1 Å². The summed E-state index contributed by atoms with van der Waals surface area (Å²) in [5, 5.41) is 12.5. The van der Waals surface area contributed by atoms with E-state index in [1.165, 1.54) is 0 Å². The van der Waals surface area contributed by atoms with E-state index in [2.05, 4.69) is 5.32 Å². The van der Waals surface area contributed by atoms with Crippen molar-refractivity contribution < 1.29 is 31.4 Å². The largest absolute Gasteiger partial charge is 0.430 e. The Kier molecular flexibility index (Phi) is 4.55. The molecule has 2 rings (SSSR count). The first kappa shape index (κ1) is 17.9. The van der Waals surface area contributed by atoms with Gasteiger partial charge < -0.3 is 15.3 Å². The summed E-state index contributed by atoms with van der Waals surface area (Å²) in [6, 6.07) is 3.82. The molecule has 0 spiro atoms. The molecule has 130 valence electrons. The van der Waals surface area contributed by atoms with Crippen molar-refractivity contribution >= 4 is 5.69 Å². The van der Waals surface area contributed by atoms with E-state index in [0.717, 1.165) is 12.1 Å². The summed E-state index contributed by atoms with van der Waals surface area (Å²) in [4.78, 5) is 1.85. The zero-order valence-corrected chi connectivity index (χ0v) is 12.2. The molecule has 1 aliphatic heterocycles. The van der Waals surface area contributed by atoms with Crippen molar-refractivity contribution in [3.8, 4) is 0 Å². The summed E-state index contributed by atoms with van der Waals surface area (Å²) >= 11 is 0. The number of hydrogen-bond acceptors (Lipinski definition) is 3. The van der Waals surface area contributed by atoms with Crippen LogP contribution in [0.4, 0.5) is 32.0 Å². The van der Waals surface area contributed by atoms with Gasteiger partial charge in [0.2, 0.25) is 0 Å². The number of hydrogen-bond donors (Lipinski definition) is 2. The fourth-order valence-corrected chi connectivity index (χ4v) is 2.57. The molecule has 1 saturated heterocycles. The molecule has 9 heteroatoms. The number of alkyl halides is 6. The van der Waals surface area contributed by atoms with Crippen LogP contribution in [0.5, 0.6) is 0 Å². The lowest BCUT2D eigenvalue weighted by atomic mass is 9.92. The van der Waals surface area contributed by atoms with Crippen LogP contribution in [0.15, 0.2) is 24.3 Å². The van der Waals surface area contributed by atoms with Crippen molar-refractivity contribution in [1.29, 1.82) is 0 Å². The summed E-state index contributed by atoms with van der Waals surface area (Å²) in [5.41, 5.74) is -5.62. The quantitative estimate of drug-likeness (QED) is 0.812. The van der Waals surface area contributed by atoms with Gasteiger partial charge in [-0.1, -0.05) is 12.1 Å². The smallest absolute Gasteiger partial charge is 0.369 e. The third-order valence-corrected chi connectivity index (χ3v) is 3.84. The van der Waals surface area contributed by atoms with Crippen molar-refractivity contribution in [2.45, 2.75) is 30.9 Å². The normalized spacial score (nSPS) is 20.7. The van der Waals surface area contributed by atoms with Gasteiger partial charge in [0.05, 0.1) is 0 Å². The fraction of sp³-hybridized carbons (Fsp3) is 0.571. The minimum atomic E-state index is -5.86. The average molecular weight is 342 g/mol. The zero-order valence-electron chi connectivity index (χ0n) is 12.2. The number of aliphatic hydroxyl groups is 1. The van der Waals surface area contributed by atoms with Crippen LogP contribution in [0.3, 0.4) is 0 Å². The third kappa shape index (κ3) is 3.25. The highest BCUT2D eigenvalue weighted by Gasteiger charge is 2.71. The number of nitrogens with zero attached hydrogens (tertiary/aromatic N) is 1. The highest BCUT2D eigenvalue weighted by molar-refractivity contribution is 5.49. The number of halogens is 6. The molecule has 1 heterocycles. The Morgan fingerprint density at radius 3 is 2.00 bits per heavy atom. The second-order valence-corrected chi connectivity index (χ2v) is 5.55. The molecule has 0 bridgehead atoms. The van der Waals surface area contributed by atoms with Crippen LogP contribution in [0.2, 0.25) is 0 Å². The fourth-order valence-electron chi connectivity index (χ4n) is 2.57. The predicted molar refractivity (Wildman–Crippen MR) is 72.1 cm³/mol. The molecule has 1 aromatic rings. The van der Waals surface area contributed by atoms with Gasteiger partial charge in [-0.3, -0.25) is 0 Å². The van der Waals surface area contributed by atoms with Crippen molar-refractivity contribution in [1.82, 2.24) is 5.32 Å². The molecule has 0 saturated carbocycles. The molecule has 1 aromatic carbocycles. The van der Waals surface area contributed by atoms with E-state index in [1.807, 2.05) is 11.8 Å². The van der Waals surface area contributed by atoms with Crippen LogP contribution in [0.25, 0.3) is 0 Å². The van der Waals surface area contributed by atoms with Gasteiger partial charge in [-0.25, -0.2) is 0 Å². The Labute approximate surface area is 128 Å². The molecule has 1 unspecified atom stereocenters. The highest BCUT2D eigenvalue weighted by Crippen LogP contribution is 2.50. The molecule has 0 radical (unpaired) electrons. The molecule has 1 aliphatic rings. The highest BCUT2D eigenvalue weighted by atomic mass is 19.4. The van der Waals surface area contributed by atoms with Crippen LogP contribution in [-0.2, 0) is 5.60 Å². The predicted octanol–water partition coefficient (Wildman–Crippen LogP) is 2.80. The van der Waals surface area contributed by atoms with Gasteiger partial charge in [-0.2, -0.15) is 26.3 Å². The molecule has 0 aromatic heterocycles. The lowest BCUT2D eigenvalue weighted by Gasteiger charge is -2.35. The van der Waals surface area contributed by atoms with E-state index in [0.29, 0.717) is 37.5 Å². The van der Waals surface area contributed by atoms with Crippen LogP contribution in [0.1, 0.15) is 12.5 Å². The molecule has 1 fully saturated rings. The Morgan fingerprint density at radius 2 is 1.57 bits per heavy atom. The van der Waals surface area contributed by atoms with E-state index >= 15 is 0 Å². The maximum absolute atomic E-state index is 12.8. The summed E-state index contributed by atoms with van der Waals surface area (Å²) in [6.07, 6.45) is -11.7. The number of rotatable bonds is 2. The minimum Gasteiger partial charge on any atom is -0.369 e. The standard InChI is InChI=1S/C14H16F6N2O/c1-9-8-22(7-6-21-9)11-4-2-10(3-5-11)12(23,13(15,16)17)14(18,19)20/h2-5,9,21,23H,6-8H2,1H3. The lowest BCUT2D eigenvalue weighted by molar-refractivity contribution is -0.376. The summed E-state index contributed by atoms with van der Waals surface area (Å²) in [6.45, 7) is 3.76. The maximum atomic E-state index is 12.8. The van der Waals surface area contributed by atoms with Crippen LogP contribution in [0, 0.1) is 0 Å². The molecule has 0 amide bonds. The van der Waals surface area contributed by atoms with Crippen LogP contribution >= 0.6 is 0 Å². The monoisotopic (exact) mass is 342 g/mol. The molecule has 1 atom stereocenters. The topological polar surface area (TPSA) is 35.5 Å². The Bertz CT molecular complexity index is 526. The maximum Gasteiger partial charge on any atom is 0.430 e. The van der Waals surface area contributed by atoms with Crippen molar-refractivity contribution in [2.24, 2.45) is 0 Å². The molecule has 2 N–H and O–H groups in total. The van der Waals surface area contributed by atoms with Gasteiger partial charge in [-0.05, 0) is 19.1 Å². The first-order valence-electron chi connectivity index (χ1n) is 6.91. The van der Waals surface area contributed by atoms with E-state index in [9.17, 15) is 31.4 Å². The number of benzene rings is 1. The van der Waals surface area contributed by atoms with Crippen LogP contribution < -0.4 is 10.2 Å². The number of anilines is 1. The average Bonchev–Trinajstić information content (AvgIpc) is 2.44.